The molecule has 0 saturated carbocycles. The number of carbonyl (C=O) groups excluding carboxylic acids is 2. The smallest absolute Gasteiger partial charge is 0.411 e. The number of nitrogens with zero attached hydrogens (tertiary/aromatic N) is 1. The van der Waals surface area contributed by atoms with Gasteiger partial charge in [-0.1, -0.05) is 107 Å². The first-order valence-corrected chi connectivity index (χ1v) is 17.0. The predicted molar refractivity (Wildman–Crippen MR) is 193 cm³/mol. The molecule has 0 heterocycles. The number of nitrogens with one attached hydrogen (secondary N) is 1. The second kappa shape index (κ2) is 14.8. The van der Waals surface area contributed by atoms with Crippen LogP contribution < -0.4 is 5.32 Å². The van der Waals surface area contributed by atoms with E-state index in [1.54, 1.807) is 0 Å². The van der Waals surface area contributed by atoms with Crippen molar-refractivity contribution in [2.75, 3.05) is 18.5 Å². The highest BCUT2D eigenvalue weighted by Crippen LogP contribution is 2.33. The normalized spacial score (nSPS) is 12.9. The van der Waals surface area contributed by atoms with Crippen molar-refractivity contribution in [2.45, 2.75) is 157 Å². The maximum atomic E-state index is 13.3. The van der Waals surface area contributed by atoms with E-state index in [1.807, 2.05) is 37.8 Å². The van der Waals surface area contributed by atoms with Crippen LogP contribution in [0.2, 0.25) is 0 Å². The summed E-state index contributed by atoms with van der Waals surface area (Å²) in [6.45, 7) is 33.4. The van der Waals surface area contributed by atoms with Gasteiger partial charge in [0.15, 0.2) is 0 Å². The Bertz CT molecular complexity index is 1260. The fourth-order valence-electron chi connectivity index (χ4n) is 4.90. The molecular formula is C40H64N2O4. The van der Waals surface area contributed by atoms with Gasteiger partial charge in [-0.3, -0.25) is 5.32 Å². The minimum atomic E-state index is -0.583. The molecule has 1 N–H and O–H groups in total. The number of amides is 2. The van der Waals surface area contributed by atoms with Gasteiger partial charge in [0, 0.05) is 18.8 Å². The van der Waals surface area contributed by atoms with E-state index in [0.29, 0.717) is 26.1 Å². The Hall–Kier alpha value is -3.02. The Morgan fingerprint density at radius 3 is 1.46 bits per heavy atom. The first-order chi connectivity index (χ1) is 20.8. The zero-order chi connectivity index (χ0) is 35.3. The van der Waals surface area contributed by atoms with Crippen molar-refractivity contribution in [1.82, 2.24) is 4.90 Å². The molecule has 258 valence electrons. The zero-order valence-corrected chi connectivity index (χ0v) is 31.8. The number of benzene rings is 2. The van der Waals surface area contributed by atoms with Gasteiger partial charge in [-0.2, -0.15) is 0 Å². The third-order valence-electron chi connectivity index (χ3n) is 7.97. The molecular weight excluding hydrogens is 572 g/mol. The summed E-state index contributed by atoms with van der Waals surface area (Å²) in [7, 11) is 0. The molecule has 0 atom stereocenters. The number of hydrogen-bond acceptors (Lipinski definition) is 4. The van der Waals surface area contributed by atoms with Crippen molar-refractivity contribution in [3.8, 4) is 0 Å². The van der Waals surface area contributed by atoms with Crippen LogP contribution in [0.3, 0.4) is 0 Å². The third kappa shape index (κ3) is 13.0. The van der Waals surface area contributed by atoms with Crippen molar-refractivity contribution in [1.29, 1.82) is 0 Å². The quantitative estimate of drug-likeness (QED) is 0.278. The van der Waals surface area contributed by atoms with Crippen LogP contribution in [-0.2, 0) is 37.7 Å². The van der Waals surface area contributed by atoms with E-state index in [9.17, 15) is 9.59 Å². The summed E-state index contributed by atoms with van der Waals surface area (Å²) in [6, 6.07) is 13.0. The molecule has 0 aliphatic heterocycles. The lowest BCUT2D eigenvalue weighted by Gasteiger charge is -2.30. The van der Waals surface area contributed by atoms with Crippen LogP contribution in [0.1, 0.15) is 151 Å². The summed E-state index contributed by atoms with van der Waals surface area (Å²) in [4.78, 5) is 27.8. The van der Waals surface area contributed by atoms with Gasteiger partial charge in [0.25, 0.3) is 0 Å². The molecule has 0 aromatic heterocycles. The van der Waals surface area contributed by atoms with Gasteiger partial charge in [-0.25, -0.2) is 9.59 Å². The van der Waals surface area contributed by atoms with Gasteiger partial charge >= 0.3 is 12.2 Å². The number of anilines is 1. The fourth-order valence-corrected chi connectivity index (χ4v) is 4.90. The molecule has 2 amide bonds. The molecule has 0 spiro atoms. The summed E-state index contributed by atoms with van der Waals surface area (Å²) >= 11 is 0. The van der Waals surface area contributed by atoms with E-state index in [0.717, 1.165) is 24.1 Å². The van der Waals surface area contributed by atoms with Crippen molar-refractivity contribution >= 4 is 17.9 Å². The lowest BCUT2D eigenvalue weighted by molar-refractivity contribution is 0.0229. The third-order valence-corrected chi connectivity index (χ3v) is 7.97. The van der Waals surface area contributed by atoms with Crippen molar-refractivity contribution in [3.05, 3.63) is 64.2 Å². The van der Waals surface area contributed by atoms with Crippen LogP contribution in [0.4, 0.5) is 15.3 Å². The minimum Gasteiger partial charge on any atom is -0.449 e. The van der Waals surface area contributed by atoms with Crippen molar-refractivity contribution in [2.24, 2.45) is 0 Å². The summed E-state index contributed by atoms with van der Waals surface area (Å²) in [6.07, 6.45) is 1.54. The van der Waals surface area contributed by atoms with Crippen molar-refractivity contribution in [3.63, 3.8) is 0 Å². The maximum absolute atomic E-state index is 13.3. The number of carbonyl (C=O) groups is 2. The first kappa shape index (κ1) is 39.2. The molecule has 46 heavy (non-hydrogen) atoms. The van der Waals surface area contributed by atoms with Crippen LogP contribution in [0.15, 0.2) is 36.4 Å². The standard InChI is InChI=1S/C40H64N2O4/c1-36(2,3)29-21-28(22-30(23-29)37(4,5)6)27-42(35(44)46-40(13,14)15)19-17-16-18-20-45-34(43)41-33-25-31(38(7,8)9)24-32(26-33)39(10,11)12/h21-26H,16-20,27H2,1-15H3,(H,41,43). The van der Waals surface area contributed by atoms with E-state index in [2.05, 4.69) is 113 Å². The second-order valence-corrected chi connectivity index (χ2v) is 17.9. The van der Waals surface area contributed by atoms with Crippen molar-refractivity contribution < 1.29 is 19.1 Å². The molecule has 0 saturated heterocycles. The molecule has 0 radical (unpaired) electrons. The van der Waals surface area contributed by atoms with Crippen LogP contribution >= 0.6 is 0 Å². The van der Waals surface area contributed by atoms with E-state index < -0.39 is 11.7 Å². The summed E-state index contributed by atoms with van der Waals surface area (Å²) < 4.78 is 11.3. The number of unbranched alkanes of at least 4 members (excludes halogenated alkanes) is 2. The number of hydrogen-bond donors (Lipinski definition) is 1. The van der Waals surface area contributed by atoms with Gasteiger partial charge in [0.1, 0.15) is 5.60 Å². The molecule has 2 aromatic carbocycles. The van der Waals surface area contributed by atoms with E-state index in [1.165, 1.54) is 22.3 Å². The topological polar surface area (TPSA) is 67.9 Å². The number of ether oxygens (including phenoxy) is 2. The van der Waals surface area contributed by atoms with Gasteiger partial charge < -0.3 is 14.4 Å². The highest BCUT2D eigenvalue weighted by Gasteiger charge is 2.25. The Kier molecular flexibility index (Phi) is 12.6. The molecule has 0 aliphatic rings. The minimum absolute atomic E-state index is 0.0106. The van der Waals surface area contributed by atoms with E-state index in [-0.39, 0.29) is 27.8 Å². The van der Waals surface area contributed by atoms with Gasteiger partial charge in [-0.15, -0.1) is 0 Å². The zero-order valence-electron chi connectivity index (χ0n) is 31.8. The van der Waals surface area contributed by atoms with Gasteiger partial charge in [0.05, 0.1) is 6.61 Å². The second-order valence-electron chi connectivity index (χ2n) is 17.9. The largest absolute Gasteiger partial charge is 0.449 e. The highest BCUT2D eigenvalue weighted by atomic mass is 16.6. The van der Waals surface area contributed by atoms with Gasteiger partial charge in [0.2, 0.25) is 0 Å². The van der Waals surface area contributed by atoms with Crippen LogP contribution in [0.5, 0.6) is 0 Å². The fraction of sp³-hybridized carbons (Fsp3) is 0.650. The summed E-state index contributed by atoms with van der Waals surface area (Å²) in [5, 5.41) is 2.94. The van der Waals surface area contributed by atoms with Crippen LogP contribution in [-0.4, -0.2) is 35.8 Å². The van der Waals surface area contributed by atoms with Gasteiger partial charge in [-0.05, 0) is 102 Å². The Morgan fingerprint density at radius 1 is 0.609 bits per heavy atom. The Balaban J connectivity index is 2.05. The molecule has 0 bridgehead atoms. The Labute approximate surface area is 281 Å². The van der Waals surface area contributed by atoms with Crippen LogP contribution in [0.25, 0.3) is 0 Å². The van der Waals surface area contributed by atoms with E-state index in [4.69, 9.17) is 9.47 Å². The lowest BCUT2D eigenvalue weighted by Crippen LogP contribution is -2.37. The predicted octanol–water partition coefficient (Wildman–Crippen LogP) is 11.0. The average Bonchev–Trinajstić information content (AvgIpc) is 2.86. The van der Waals surface area contributed by atoms with E-state index >= 15 is 0 Å². The molecule has 0 fully saturated rings. The summed E-state index contributed by atoms with van der Waals surface area (Å²) in [5.74, 6) is 0. The molecule has 6 nitrogen and oxygen atoms in total. The molecule has 2 aromatic rings. The lowest BCUT2D eigenvalue weighted by atomic mass is 9.79. The SMILES string of the molecule is CC(C)(C)OC(=O)N(CCCCCOC(=O)Nc1cc(C(C)(C)C)cc(C(C)(C)C)c1)Cc1cc(C(C)(C)C)cc(C(C)(C)C)c1. The maximum Gasteiger partial charge on any atom is 0.411 e. The summed E-state index contributed by atoms with van der Waals surface area (Å²) in [5.41, 5.74) is 6.02. The first-order valence-electron chi connectivity index (χ1n) is 17.0. The molecule has 0 aliphatic carbocycles. The highest BCUT2D eigenvalue weighted by molar-refractivity contribution is 5.85. The van der Waals surface area contributed by atoms with Crippen LogP contribution in [0, 0.1) is 0 Å². The average molecular weight is 637 g/mol. The molecule has 2 rings (SSSR count). The monoisotopic (exact) mass is 636 g/mol. The molecule has 6 heteroatoms. The molecule has 0 unspecified atom stereocenters. The Morgan fingerprint density at radius 2 is 1.04 bits per heavy atom. The number of rotatable bonds is 9.